The Balaban J connectivity index is 2.36. The largest absolute Gasteiger partial charge is 0.464 e. The molecule has 2 rings (SSSR count). The molecule has 28 heavy (non-hydrogen) atoms. The zero-order valence-corrected chi connectivity index (χ0v) is 18.1. The van der Waals surface area contributed by atoms with Gasteiger partial charge in [0.05, 0.1) is 13.2 Å². The van der Waals surface area contributed by atoms with Crippen molar-refractivity contribution in [3.63, 3.8) is 0 Å². The summed E-state index contributed by atoms with van der Waals surface area (Å²) in [6.45, 7) is 9.38. The van der Waals surface area contributed by atoms with Gasteiger partial charge in [0, 0.05) is 23.7 Å². The van der Waals surface area contributed by atoms with Crippen LogP contribution in [0.1, 0.15) is 91.4 Å². The number of ether oxygens (including phenoxy) is 1. The molecule has 1 aliphatic carbocycles. The molecular weight excluding hydrogens is 356 g/mol. The fourth-order valence-electron chi connectivity index (χ4n) is 4.31. The number of methoxy groups -OCH3 is 1. The number of aryl methyl sites for hydroxylation is 1. The highest BCUT2D eigenvalue weighted by Crippen LogP contribution is 2.28. The molecule has 1 heterocycles. The van der Waals surface area contributed by atoms with Gasteiger partial charge >= 0.3 is 5.97 Å². The summed E-state index contributed by atoms with van der Waals surface area (Å²) in [5.41, 5.74) is 2.01. The van der Waals surface area contributed by atoms with Crippen LogP contribution in [0.15, 0.2) is 0 Å². The van der Waals surface area contributed by atoms with Gasteiger partial charge in [-0.1, -0.05) is 33.1 Å². The first-order valence-corrected chi connectivity index (χ1v) is 10.3. The van der Waals surface area contributed by atoms with Crippen LogP contribution in [0.4, 0.5) is 0 Å². The Morgan fingerprint density at radius 3 is 2.25 bits per heavy atom. The Kier molecular flexibility index (Phi) is 7.44. The summed E-state index contributed by atoms with van der Waals surface area (Å²) >= 11 is 0. The number of esters is 1. The van der Waals surface area contributed by atoms with E-state index in [4.69, 9.17) is 4.74 Å². The van der Waals surface area contributed by atoms with Crippen LogP contribution < -0.4 is 0 Å². The lowest BCUT2D eigenvalue weighted by Crippen LogP contribution is -2.50. The van der Waals surface area contributed by atoms with Crippen molar-refractivity contribution in [3.8, 4) is 0 Å². The molecule has 1 atom stereocenters. The van der Waals surface area contributed by atoms with Gasteiger partial charge in [-0.15, -0.1) is 0 Å². The lowest BCUT2D eigenvalue weighted by molar-refractivity contribution is -0.136. The molecule has 156 valence electrons. The highest BCUT2D eigenvalue weighted by Gasteiger charge is 2.35. The molecule has 1 aromatic rings. The van der Waals surface area contributed by atoms with Gasteiger partial charge in [0.25, 0.3) is 0 Å². The summed E-state index contributed by atoms with van der Waals surface area (Å²) in [5, 5.41) is 0. The molecule has 0 spiro atoms. The predicted octanol–water partition coefficient (Wildman–Crippen LogP) is 4.20. The van der Waals surface area contributed by atoms with Crippen molar-refractivity contribution in [3.05, 3.63) is 22.5 Å². The monoisotopic (exact) mass is 390 g/mol. The molecule has 1 fully saturated rings. The van der Waals surface area contributed by atoms with Gasteiger partial charge in [-0.2, -0.15) is 0 Å². The van der Waals surface area contributed by atoms with E-state index in [9.17, 15) is 14.4 Å². The van der Waals surface area contributed by atoms with Gasteiger partial charge in [0.1, 0.15) is 5.69 Å². The summed E-state index contributed by atoms with van der Waals surface area (Å²) in [4.78, 5) is 43.2. The van der Waals surface area contributed by atoms with Crippen molar-refractivity contribution in [1.82, 2.24) is 9.88 Å². The topological polar surface area (TPSA) is 79.5 Å². The Morgan fingerprint density at radius 2 is 1.71 bits per heavy atom. The zero-order chi connectivity index (χ0) is 21.0. The summed E-state index contributed by atoms with van der Waals surface area (Å²) in [6, 6.07) is -0.452. The molecule has 1 unspecified atom stereocenters. The number of amides is 1. The average Bonchev–Trinajstić information content (AvgIpc) is 2.95. The second-order valence-corrected chi connectivity index (χ2v) is 8.35. The number of H-pyrrole nitrogens is 1. The number of aromatic nitrogens is 1. The minimum Gasteiger partial charge on any atom is -0.464 e. The van der Waals surface area contributed by atoms with Crippen molar-refractivity contribution in [2.45, 2.75) is 85.2 Å². The Morgan fingerprint density at radius 1 is 1.11 bits per heavy atom. The molecule has 6 heteroatoms. The third-order valence-corrected chi connectivity index (χ3v) is 5.71. The lowest BCUT2D eigenvalue weighted by atomic mass is 9.90. The normalized spacial score (nSPS) is 16.1. The number of nitrogens with one attached hydrogen (secondary N) is 1. The Labute approximate surface area is 168 Å². The van der Waals surface area contributed by atoms with Crippen LogP contribution in [0.5, 0.6) is 0 Å². The molecule has 0 saturated heterocycles. The van der Waals surface area contributed by atoms with E-state index in [2.05, 4.69) is 4.98 Å². The molecule has 0 radical (unpaired) electrons. The van der Waals surface area contributed by atoms with Gasteiger partial charge < -0.3 is 14.6 Å². The second-order valence-electron chi connectivity index (χ2n) is 8.35. The molecule has 1 saturated carbocycles. The fourth-order valence-corrected chi connectivity index (χ4v) is 4.31. The number of carbonyl (C=O) groups is 3. The number of carbonyl (C=O) groups excluding carboxylic acids is 3. The standard InChI is InChI=1S/C22H34N2O4/c1-13(2)12-18(25)24(17-10-8-7-9-11-17)16(5)21(26)19-14(3)20(22(27)28-6)23-15(19)4/h13,16-17,23H,7-12H2,1-6H3. The van der Waals surface area contributed by atoms with Gasteiger partial charge in [0.15, 0.2) is 5.78 Å². The van der Waals surface area contributed by atoms with Crippen molar-refractivity contribution >= 4 is 17.7 Å². The summed E-state index contributed by atoms with van der Waals surface area (Å²) in [5.74, 6) is -0.333. The fraction of sp³-hybridized carbons (Fsp3) is 0.682. The van der Waals surface area contributed by atoms with Crippen LogP contribution in [0, 0.1) is 19.8 Å². The lowest BCUT2D eigenvalue weighted by Gasteiger charge is -2.38. The van der Waals surface area contributed by atoms with E-state index in [0.29, 0.717) is 28.9 Å². The zero-order valence-electron chi connectivity index (χ0n) is 18.1. The van der Waals surface area contributed by atoms with Crippen molar-refractivity contribution in [2.75, 3.05) is 7.11 Å². The van der Waals surface area contributed by atoms with E-state index >= 15 is 0 Å². The smallest absolute Gasteiger partial charge is 0.354 e. The molecule has 0 aliphatic heterocycles. The number of ketones is 1. The highest BCUT2D eigenvalue weighted by atomic mass is 16.5. The quantitative estimate of drug-likeness (QED) is 0.559. The molecular formula is C22H34N2O4. The molecule has 1 aliphatic rings. The highest BCUT2D eigenvalue weighted by molar-refractivity contribution is 6.06. The summed E-state index contributed by atoms with van der Waals surface area (Å²) < 4.78 is 4.80. The van der Waals surface area contributed by atoms with E-state index < -0.39 is 12.0 Å². The summed E-state index contributed by atoms with van der Waals surface area (Å²) in [7, 11) is 1.32. The molecule has 1 N–H and O–H groups in total. The maximum Gasteiger partial charge on any atom is 0.354 e. The van der Waals surface area contributed by atoms with Gasteiger partial charge in [-0.3, -0.25) is 9.59 Å². The third kappa shape index (κ3) is 4.65. The second kappa shape index (κ2) is 9.39. The molecule has 0 aromatic carbocycles. The van der Waals surface area contributed by atoms with Crippen LogP contribution in [-0.2, 0) is 9.53 Å². The van der Waals surface area contributed by atoms with E-state index in [1.807, 2.05) is 25.7 Å². The van der Waals surface area contributed by atoms with E-state index in [0.717, 1.165) is 25.7 Å². The van der Waals surface area contributed by atoms with E-state index in [1.54, 1.807) is 13.8 Å². The van der Waals surface area contributed by atoms with E-state index in [1.165, 1.54) is 13.5 Å². The maximum atomic E-state index is 13.4. The van der Waals surface area contributed by atoms with Gasteiger partial charge in [-0.05, 0) is 45.1 Å². The van der Waals surface area contributed by atoms with Crippen LogP contribution in [0.25, 0.3) is 0 Å². The molecule has 1 aromatic heterocycles. The number of aromatic amines is 1. The first-order valence-electron chi connectivity index (χ1n) is 10.3. The van der Waals surface area contributed by atoms with Crippen molar-refractivity contribution < 1.29 is 19.1 Å². The third-order valence-electron chi connectivity index (χ3n) is 5.71. The van der Waals surface area contributed by atoms with Crippen LogP contribution in [0.2, 0.25) is 0 Å². The van der Waals surface area contributed by atoms with Crippen molar-refractivity contribution in [2.24, 2.45) is 5.92 Å². The molecule has 6 nitrogen and oxygen atoms in total. The maximum absolute atomic E-state index is 13.4. The van der Waals surface area contributed by atoms with Crippen LogP contribution >= 0.6 is 0 Å². The van der Waals surface area contributed by atoms with Gasteiger partial charge in [0.2, 0.25) is 5.91 Å². The van der Waals surface area contributed by atoms with Gasteiger partial charge in [-0.25, -0.2) is 4.79 Å². The Hall–Kier alpha value is -2.11. The number of rotatable bonds is 7. The predicted molar refractivity (Wildman–Crippen MR) is 109 cm³/mol. The van der Waals surface area contributed by atoms with E-state index in [-0.39, 0.29) is 23.7 Å². The van der Waals surface area contributed by atoms with Crippen LogP contribution in [0.3, 0.4) is 0 Å². The molecule has 1 amide bonds. The minimum absolute atomic E-state index is 0.0433. The SMILES string of the molecule is COC(=O)c1[nH]c(C)c(C(=O)C(C)N(C(=O)CC(C)C)C2CCCCC2)c1C. The minimum atomic E-state index is -0.562. The first-order chi connectivity index (χ1) is 13.2. The summed E-state index contributed by atoms with van der Waals surface area (Å²) in [6.07, 6.45) is 5.69. The Bertz CT molecular complexity index is 729. The number of hydrogen-bond acceptors (Lipinski definition) is 4. The average molecular weight is 391 g/mol. The number of Topliss-reactive ketones (excluding diaryl/α,β-unsaturated/α-hetero) is 1. The number of nitrogens with zero attached hydrogens (tertiary/aromatic N) is 1. The van der Waals surface area contributed by atoms with Crippen molar-refractivity contribution in [1.29, 1.82) is 0 Å². The van der Waals surface area contributed by atoms with Crippen LogP contribution in [-0.4, -0.2) is 46.7 Å². The first kappa shape index (κ1) is 22.2. The molecule has 0 bridgehead atoms. The number of hydrogen-bond donors (Lipinski definition) is 1.